The molecule has 0 spiro atoms. The largest absolute Gasteiger partial charge is 0.360 e. The average molecular weight is 416 g/mol. The van der Waals surface area contributed by atoms with Gasteiger partial charge in [0.2, 0.25) is 5.91 Å². The van der Waals surface area contributed by atoms with Crippen molar-refractivity contribution in [3.8, 4) is 11.5 Å². The second kappa shape index (κ2) is 7.29. The number of hydrogen-bond acceptors (Lipinski definition) is 6. The van der Waals surface area contributed by atoms with Crippen molar-refractivity contribution in [1.29, 1.82) is 0 Å². The standard InChI is InChI=1S/C19H22ClN7O2/c1-25-15-6-7-26(17(28)5-4-13-8-16(20)24-29-13)10-14(15)18(23-25)19-22-21-11-27(19)9-12-2-3-12/h8,11-12H,2-7,9-10H2,1H3. The summed E-state index contributed by atoms with van der Waals surface area (Å²) in [7, 11) is 1.95. The molecule has 0 N–H and O–H groups in total. The third-order valence-corrected chi connectivity index (χ3v) is 5.87. The molecule has 1 amide bonds. The fourth-order valence-corrected chi connectivity index (χ4v) is 4.09. The number of amides is 1. The number of carbonyl (C=O) groups excluding carboxylic acids is 1. The van der Waals surface area contributed by atoms with E-state index in [2.05, 4.69) is 19.9 Å². The molecular formula is C19H22ClN7O2. The fraction of sp³-hybridized carbons (Fsp3) is 0.526. The molecule has 5 rings (SSSR count). The van der Waals surface area contributed by atoms with Crippen LogP contribution in [0.25, 0.3) is 11.5 Å². The van der Waals surface area contributed by atoms with Crippen LogP contribution in [0.1, 0.15) is 36.3 Å². The van der Waals surface area contributed by atoms with E-state index < -0.39 is 0 Å². The van der Waals surface area contributed by atoms with Crippen LogP contribution in [0, 0.1) is 5.92 Å². The highest BCUT2D eigenvalue weighted by molar-refractivity contribution is 6.29. The highest BCUT2D eigenvalue weighted by Crippen LogP contribution is 2.33. The lowest BCUT2D eigenvalue weighted by Gasteiger charge is -2.27. The smallest absolute Gasteiger partial charge is 0.223 e. The SMILES string of the molecule is Cn1nc(-c2nncn2CC2CC2)c2c1CCN(C(=O)CCc1cc(Cl)no1)C2. The van der Waals surface area contributed by atoms with Crippen molar-refractivity contribution in [2.24, 2.45) is 13.0 Å². The van der Waals surface area contributed by atoms with Gasteiger partial charge in [0.25, 0.3) is 0 Å². The molecule has 0 radical (unpaired) electrons. The number of aryl methyl sites for hydroxylation is 2. The summed E-state index contributed by atoms with van der Waals surface area (Å²) in [4.78, 5) is 14.7. The molecule has 0 aromatic carbocycles. The van der Waals surface area contributed by atoms with Crippen molar-refractivity contribution >= 4 is 17.5 Å². The lowest BCUT2D eigenvalue weighted by Crippen LogP contribution is -2.36. The van der Waals surface area contributed by atoms with Crippen LogP contribution in [-0.4, -0.2) is 47.1 Å². The van der Waals surface area contributed by atoms with Crippen LogP contribution in [0.15, 0.2) is 16.9 Å². The van der Waals surface area contributed by atoms with Crippen LogP contribution in [0.4, 0.5) is 0 Å². The number of fused-ring (bicyclic) bond motifs is 1. The van der Waals surface area contributed by atoms with Gasteiger partial charge >= 0.3 is 0 Å². The number of rotatable bonds is 6. The fourth-order valence-electron chi connectivity index (χ4n) is 3.93. The quantitative estimate of drug-likeness (QED) is 0.612. The maximum Gasteiger partial charge on any atom is 0.223 e. The zero-order valence-electron chi connectivity index (χ0n) is 16.2. The van der Waals surface area contributed by atoms with Gasteiger partial charge in [0, 0.05) is 63.3 Å². The van der Waals surface area contributed by atoms with Gasteiger partial charge in [-0.3, -0.25) is 9.48 Å². The predicted octanol–water partition coefficient (Wildman–Crippen LogP) is 2.25. The van der Waals surface area contributed by atoms with E-state index in [1.165, 1.54) is 12.8 Å². The number of nitrogens with zero attached hydrogens (tertiary/aromatic N) is 7. The lowest BCUT2D eigenvalue weighted by molar-refractivity contribution is -0.132. The first kappa shape index (κ1) is 18.4. The van der Waals surface area contributed by atoms with Crippen LogP contribution in [0.3, 0.4) is 0 Å². The molecule has 1 saturated carbocycles. The molecule has 0 saturated heterocycles. The summed E-state index contributed by atoms with van der Waals surface area (Å²) in [5.74, 6) is 2.21. The predicted molar refractivity (Wildman–Crippen MR) is 104 cm³/mol. The maximum absolute atomic E-state index is 12.8. The normalized spacial score (nSPS) is 16.3. The van der Waals surface area contributed by atoms with Gasteiger partial charge in [-0.25, -0.2) is 0 Å². The lowest BCUT2D eigenvalue weighted by atomic mass is 10.0. The summed E-state index contributed by atoms with van der Waals surface area (Å²) < 4.78 is 9.10. The molecule has 1 aliphatic carbocycles. The van der Waals surface area contributed by atoms with Crippen molar-refractivity contribution in [3.63, 3.8) is 0 Å². The van der Waals surface area contributed by atoms with E-state index in [-0.39, 0.29) is 5.91 Å². The summed E-state index contributed by atoms with van der Waals surface area (Å²) in [6, 6.07) is 1.65. The van der Waals surface area contributed by atoms with Gasteiger partial charge in [0.05, 0.1) is 0 Å². The number of aromatic nitrogens is 6. The van der Waals surface area contributed by atoms with E-state index in [4.69, 9.17) is 21.2 Å². The van der Waals surface area contributed by atoms with Crippen molar-refractivity contribution in [2.45, 2.75) is 45.2 Å². The average Bonchev–Trinajstić information content (AvgIpc) is 3.09. The molecule has 29 heavy (non-hydrogen) atoms. The Morgan fingerprint density at radius 2 is 2.24 bits per heavy atom. The Morgan fingerprint density at radius 3 is 3.00 bits per heavy atom. The van der Waals surface area contributed by atoms with Gasteiger partial charge in [0.1, 0.15) is 17.8 Å². The van der Waals surface area contributed by atoms with Gasteiger partial charge in [-0.15, -0.1) is 10.2 Å². The summed E-state index contributed by atoms with van der Waals surface area (Å²) in [6.45, 7) is 2.14. The second-order valence-electron chi connectivity index (χ2n) is 7.83. The van der Waals surface area contributed by atoms with Gasteiger partial charge < -0.3 is 14.0 Å². The Balaban J connectivity index is 1.34. The van der Waals surface area contributed by atoms with E-state index in [1.54, 1.807) is 12.4 Å². The van der Waals surface area contributed by atoms with Gasteiger partial charge in [-0.05, 0) is 18.8 Å². The minimum Gasteiger partial charge on any atom is -0.360 e. The Hall–Kier alpha value is -2.68. The van der Waals surface area contributed by atoms with E-state index in [0.29, 0.717) is 42.8 Å². The van der Waals surface area contributed by atoms with Crippen LogP contribution >= 0.6 is 11.6 Å². The highest BCUT2D eigenvalue weighted by atomic mass is 35.5. The first-order chi connectivity index (χ1) is 14.1. The highest BCUT2D eigenvalue weighted by Gasteiger charge is 2.30. The molecule has 3 aromatic heterocycles. The molecule has 0 unspecified atom stereocenters. The second-order valence-corrected chi connectivity index (χ2v) is 8.22. The molecular weight excluding hydrogens is 394 g/mol. The first-order valence-corrected chi connectivity index (χ1v) is 10.3. The van der Waals surface area contributed by atoms with Crippen LogP contribution in [-0.2, 0) is 37.8 Å². The summed E-state index contributed by atoms with van der Waals surface area (Å²) >= 11 is 5.77. The minimum atomic E-state index is 0.0809. The zero-order chi connectivity index (χ0) is 20.0. The molecule has 2 aliphatic rings. The summed E-state index contributed by atoms with van der Waals surface area (Å²) in [6.07, 6.45) is 5.91. The molecule has 4 heterocycles. The van der Waals surface area contributed by atoms with Crippen molar-refractivity contribution in [3.05, 3.63) is 34.6 Å². The van der Waals surface area contributed by atoms with Gasteiger partial charge in [-0.1, -0.05) is 16.8 Å². The van der Waals surface area contributed by atoms with Crippen LogP contribution in [0.5, 0.6) is 0 Å². The van der Waals surface area contributed by atoms with Crippen LogP contribution in [0.2, 0.25) is 5.15 Å². The molecule has 0 bridgehead atoms. The zero-order valence-corrected chi connectivity index (χ0v) is 17.0. The maximum atomic E-state index is 12.8. The Bertz CT molecular complexity index is 1050. The Kier molecular flexibility index (Phi) is 4.61. The van der Waals surface area contributed by atoms with Crippen molar-refractivity contribution in [2.75, 3.05) is 6.54 Å². The molecule has 152 valence electrons. The van der Waals surface area contributed by atoms with Gasteiger partial charge in [-0.2, -0.15) is 5.10 Å². The van der Waals surface area contributed by atoms with Crippen LogP contribution < -0.4 is 0 Å². The number of hydrogen-bond donors (Lipinski definition) is 0. The topological polar surface area (TPSA) is 94.9 Å². The third-order valence-electron chi connectivity index (χ3n) is 5.69. The Labute approximate surface area is 172 Å². The van der Waals surface area contributed by atoms with E-state index in [9.17, 15) is 4.79 Å². The van der Waals surface area contributed by atoms with Gasteiger partial charge in [0.15, 0.2) is 11.0 Å². The van der Waals surface area contributed by atoms with E-state index in [1.807, 2.05) is 16.6 Å². The van der Waals surface area contributed by atoms with Crippen molar-refractivity contribution in [1.82, 2.24) is 34.6 Å². The molecule has 0 atom stereocenters. The first-order valence-electron chi connectivity index (χ1n) is 9.90. The molecule has 3 aromatic rings. The number of carbonyl (C=O) groups is 1. The minimum absolute atomic E-state index is 0.0809. The molecule has 9 nitrogen and oxygen atoms in total. The molecule has 1 aliphatic heterocycles. The van der Waals surface area contributed by atoms with Crippen molar-refractivity contribution < 1.29 is 9.32 Å². The number of halogens is 1. The molecule has 1 fully saturated rings. The summed E-state index contributed by atoms with van der Waals surface area (Å²) in [5.41, 5.74) is 3.06. The molecule has 10 heteroatoms. The van der Waals surface area contributed by atoms with E-state index in [0.717, 1.165) is 35.7 Å². The van der Waals surface area contributed by atoms with E-state index >= 15 is 0 Å². The summed E-state index contributed by atoms with van der Waals surface area (Å²) in [5, 5.41) is 17.1. The monoisotopic (exact) mass is 415 g/mol. The third kappa shape index (κ3) is 3.66. The Morgan fingerprint density at radius 1 is 1.38 bits per heavy atom.